The zero-order valence-electron chi connectivity index (χ0n) is 20.9. The lowest BCUT2D eigenvalue weighted by Gasteiger charge is -2.68. The molecule has 0 aromatic heterocycles. The Morgan fingerprint density at radius 1 is 0.583 bits per heavy atom. The van der Waals surface area contributed by atoms with Crippen LogP contribution < -0.4 is 11.5 Å². The molecule has 4 heterocycles. The Labute approximate surface area is 213 Å². The summed E-state index contributed by atoms with van der Waals surface area (Å²) in [6, 6.07) is 21.5. The van der Waals surface area contributed by atoms with Crippen LogP contribution in [0.1, 0.15) is 49.7 Å². The zero-order chi connectivity index (χ0) is 24.4. The van der Waals surface area contributed by atoms with Crippen molar-refractivity contribution in [2.24, 2.45) is 22.3 Å². The van der Waals surface area contributed by atoms with E-state index < -0.39 is 16.5 Å². The summed E-state index contributed by atoms with van der Waals surface area (Å²) in [5, 5.41) is 0. The number of hydrogen-bond donors (Lipinski definition) is 2. The molecule has 4 unspecified atom stereocenters. The zero-order valence-corrected chi connectivity index (χ0v) is 20.9. The minimum atomic E-state index is -1.05. The van der Waals surface area contributed by atoms with Crippen molar-refractivity contribution in [3.05, 3.63) is 71.8 Å². The number of benzene rings is 2. The monoisotopic (exact) mass is 490 g/mol. The van der Waals surface area contributed by atoms with Gasteiger partial charge in [-0.1, -0.05) is 60.7 Å². The Hall–Kier alpha value is -1.80. The van der Waals surface area contributed by atoms with E-state index >= 15 is 0 Å². The minimum Gasteiger partial charge on any atom is -0.373 e. The molecule has 192 valence electrons. The molecule has 7 rings (SSSR count). The van der Waals surface area contributed by atoms with Crippen LogP contribution in [0.5, 0.6) is 0 Å². The van der Waals surface area contributed by atoms with E-state index in [1.807, 2.05) is 0 Å². The van der Waals surface area contributed by atoms with Gasteiger partial charge in [-0.25, -0.2) is 0 Å². The smallest absolute Gasteiger partial charge is 0.0842 e. The molecule has 4 saturated heterocycles. The first-order valence-electron chi connectivity index (χ1n) is 13.6. The lowest BCUT2D eigenvalue weighted by Crippen LogP contribution is -2.80. The Morgan fingerprint density at radius 2 is 0.972 bits per heavy atom. The average Bonchev–Trinajstić information content (AvgIpc) is 3.66. The molecule has 6 nitrogen and oxygen atoms in total. The second-order valence-electron chi connectivity index (χ2n) is 12.0. The molecule has 5 aliphatic rings. The number of nitrogens with two attached hydrogens (primary N) is 2. The Kier molecular flexibility index (Phi) is 5.41. The van der Waals surface area contributed by atoms with Crippen molar-refractivity contribution < 1.29 is 18.9 Å². The molecule has 1 saturated carbocycles. The third-order valence-corrected chi connectivity index (χ3v) is 10.0. The van der Waals surface area contributed by atoms with Gasteiger partial charge >= 0.3 is 0 Å². The minimum absolute atomic E-state index is 0.107. The molecule has 6 heteroatoms. The molecule has 4 aliphatic heterocycles. The van der Waals surface area contributed by atoms with Gasteiger partial charge in [-0.3, -0.25) is 0 Å². The predicted molar refractivity (Wildman–Crippen MR) is 136 cm³/mol. The quantitative estimate of drug-likeness (QED) is 0.390. The van der Waals surface area contributed by atoms with Gasteiger partial charge in [-0.2, -0.15) is 0 Å². The molecule has 4 N–H and O–H groups in total. The van der Waals surface area contributed by atoms with Gasteiger partial charge in [0.2, 0.25) is 0 Å². The number of epoxide rings is 4. The largest absolute Gasteiger partial charge is 0.373 e. The number of ether oxygens (including phenoxy) is 4. The topological polar surface area (TPSA) is 102 Å². The molecule has 0 spiro atoms. The number of hydrogen-bond acceptors (Lipinski definition) is 6. The molecule has 36 heavy (non-hydrogen) atoms. The van der Waals surface area contributed by atoms with Crippen LogP contribution in [-0.2, 0) is 24.4 Å². The first kappa shape index (κ1) is 23.3. The maximum Gasteiger partial charge on any atom is 0.0842 e. The van der Waals surface area contributed by atoms with Crippen molar-refractivity contribution in [1.82, 2.24) is 0 Å². The third kappa shape index (κ3) is 3.69. The molecule has 2 aromatic rings. The van der Waals surface area contributed by atoms with Crippen LogP contribution >= 0.6 is 0 Å². The molecule has 0 radical (unpaired) electrons. The van der Waals surface area contributed by atoms with E-state index in [1.54, 1.807) is 0 Å². The van der Waals surface area contributed by atoms with Gasteiger partial charge in [0.05, 0.1) is 61.9 Å². The molecule has 1 aliphatic carbocycles. The third-order valence-electron chi connectivity index (χ3n) is 10.0. The second-order valence-corrected chi connectivity index (χ2v) is 12.0. The SMILES string of the molecule is NC1(N)C(c2ccccc2)(c2ccccc2)CCC(CC2CO2)(CC2CO2)C1(CC1CO1)CC1CO1. The van der Waals surface area contributed by atoms with Crippen molar-refractivity contribution in [3.63, 3.8) is 0 Å². The van der Waals surface area contributed by atoms with Gasteiger partial charge in [0.25, 0.3) is 0 Å². The fourth-order valence-electron chi connectivity index (χ4n) is 8.02. The van der Waals surface area contributed by atoms with Crippen molar-refractivity contribution in [2.75, 3.05) is 26.4 Å². The highest BCUT2D eigenvalue weighted by Crippen LogP contribution is 2.70. The summed E-state index contributed by atoms with van der Waals surface area (Å²) < 4.78 is 23.6. The summed E-state index contributed by atoms with van der Waals surface area (Å²) in [6.07, 6.45) is 6.49. The summed E-state index contributed by atoms with van der Waals surface area (Å²) in [7, 11) is 0. The highest BCUT2D eigenvalue weighted by atomic mass is 16.6. The van der Waals surface area contributed by atoms with Crippen LogP contribution in [0.15, 0.2) is 60.7 Å². The van der Waals surface area contributed by atoms with E-state index in [0.29, 0.717) is 0 Å². The highest BCUT2D eigenvalue weighted by Gasteiger charge is 2.73. The Morgan fingerprint density at radius 3 is 1.36 bits per heavy atom. The van der Waals surface area contributed by atoms with E-state index in [0.717, 1.165) is 65.0 Å². The lowest BCUT2D eigenvalue weighted by molar-refractivity contribution is -0.144. The van der Waals surface area contributed by atoms with Gasteiger partial charge in [0, 0.05) is 5.41 Å². The molecule has 0 amide bonds. The Bertz CT molecular complexity index is 1010. The Balaban J connectivity index is 1.46. The van der Waals surface area contributed by atoms with Crippen LogP contribution in [0, 0.1) is 10.8 Å². The van der Waals surface area contributed by atoms with Crippen molar-refractivity contribution in [2.45, 2.75) is 74.0 Å². The molecular formula is C30H38N2O4. The molecule has 2 aromatic carbocycles. The molecule has 0 bridgehead atoms. The van der Waals surface area contributed by atoms with Crippen molar-refractivity contribution in [1.29, 1.82) is 0 Å². The van der Waals surface area contributed by atoms with Crippen LogP contribution in [-0.4, -0.2) is 56.5 Å². The van der Waals surface area contributed by atoms with E-state index in [1.165, 1.54) is 11.1 Å². The van der Waals surface area contributed by atoms with Crippen LogP contribution in [0.2, 0.25) is 0 Å². The van der Waals surface area contributed by atoms with Gasteiger partial charge in [-0.05, 0) is 55.1 Å². The first-order valence-corrected chi connectivity index (χ1v) is 13.6. The predicted octanol–water partition coefficient (Wildman–Crippen LogP) is 3.51. The second kappa shape index (κ2) is 8.35. The summed E-state index contributed by atoms with van der Waals surface area (Å²) >= 11 is 0. The molecule has 5 fully saturated rings. The maximum absolute atomic E-state index is 7.81. The van der Waals surface area contributed by atoms with Crippen LogP contribution in [0.3, 0.4) is 0 Å². The normalized spacial score (nSPS) is 39.4. The first-order chi connectivity index (χ1) is 17.5. The molecular weight excluding hydrogens is 452 g/mol. The van der Waals surface area contributed by atoms with Crippen LogP contribution in [0.25, 0.3) is 0 Å². The summed E-state index contributed by atoms with van der Waals surface area (Å²) in [4.78, 5) is 0. The average molecular weight is 491 g/mol. The van der Waals surface area contributed by atoms with Gasteiger partial charge in [-0.15, -0.1) is 0 Å². The van der Waals surface area contributed by atoms with E-state index in [-0.39, 0.29) is 29.8 Å². The maximum atomic E-state index is 7.81. The highest BCUT2D eigenvalue weighted by molar-refractivity contribution is 5.47. The number of rotatable bonds is 10. The van der Waals surface area contributed by atoms with Gasteiger partial charge in [0.1, 0.15) is 0 Å². The lowest BCUT2D eigenvalue weighted by atomic mass is 9.38. The standard InChI is InChI=1S/C30H38N2O4/c31-30(32)28(15-25-19-35-25,16-26-20-36-26)27(13-23-17-33-23,14-24-18-34-24)11-12-29(30,21-7-3-1-4-8-21)22-9-5-2-6-10-22/h1-10,23-26H,11-20,31-32H2. The van der Waals surface area contributed by atoms with Crippen molar-refractivity contribution >= 4 is 0 Å². The summed E-state index contributed by atoms with van der Waals surface area (Å²) in [5.41, 5.74) is 15.9. The van der Waals surface area contributed by atoms with E-state index in [9.17, 15) is 0 Å². The fourth-order valence-corrected chi connectivity index (χ4v) is 8.02. The van der Waals surface area contributed by atoms with E-state index in [4.69, 9.17) is 30.4 Å². The summed E-state index contributed by atoms with van der Waals surface area (Å²) in [6.45, 7) is 3.22. The van der Waals surface area contributed by atoms with Crippen molar-refractivity contribution in [3.8, 4) is 0 Å². The summed E-state index contributed by atoms with van der Waals surface area (Å²) in [5.74, 6) is 0. The van der Waals surface area contributed by atoms with Crippen LogP contribution in [0.4, 0.5) is 0 Å². The van der Waals surface area contributed by atoms with Gasteiger partial charge < -0.3 is 30.4 Å². The van der Waals surface area contributed by atoms with Gasteiger partial charge in [0.15, 0.2) is 0 Å². The van der Waals surface area contributed by atoms with E-state index in [2.05, 4.69) is 60.7 Å². The molecule has 4 atom stereocenters. The fraction of sp³-hybridized carbons (Fsp3) is 0.600.